The molecule has 4 N–H and O–H groups in total. The molecule has 8 aliphatic carbocycles. The Hall–Kier alpha value is -1.18. The third kappa shape index (κ3) is 7.12. The van der Waals surface area contributed by atoms with Crippen molar-refractivity contribution < 1.29 is 34.8 Å². The Balaban J connectivity index is 0.881. The largest absolute Gasteiger partial charge is 0.481 e. The van der Waals surface area contributed by atoms with Gasteiger partial charge in [-0.05, 0) is 207 Å². The fourth-order valence-electron chi connectivity index (χ4n) is 19.3. The van der Waals surface area contributed by atoms with Crippen LogP contribution in [-0.4, -0.2) is 56.8 Å². The maximum atomic E-state index is 13.7. The van der Waals surface area contributed by atoms with Crippen LogP contribution in [0.5, 0.6) is 0 Å². The van der Waals surface area contributed by atoms with Crippen LogP contribution in [0.3, 0.4) is 0 Å². The van der Waals surface area contributed by atoms with E-state index in [0.29, 0.717) is 77.4 Å². The molecule has 59 heavy (non-hydrogen) atoms. The molecule has 22 atom stereocenters. The summed E-state index contributed by atoms with van der Waals surface area (Å²) in [5.41, 5.74) is 0.715. The Kier molecular flexibility index (Phi) is 12.4. The van der Waals surface area contributed by atoms with Crippen LogP contribution in [0, 0.1) is 105 Å². The lowest BCUT2D eigenvalue weighted by Gasteiger charge is -2.65. The predicted octanol–water partition coefficient (Wildman–Crippen LogP) is 10.7. The summed E-state index contributed by atoms with van der Waals surface area (Å²) < 4.78 is 6.42. The monoisotopic (exact) mass is 823 g/mol. The molecule has 8 fully saturated rings. The molecule has 8 saturated carbocycles. The van der Waals surface area contributed by atoms with Gasteiger partial charge in [-0.1, -0.05) is 68.2 Å². The zero-order valence-electron chi connectivity index (χ0n) is 38.5. The number of hydrogen-bond donors (Lipinski definition) is 4. The third-order valence-electron chi connectivity index (χ3n) is 22.2. The molecule has 0 spiro atoms. The first-order chi connectivity index (χ1) is 27.9. The van der Waals surface area contributed by atoms with Crippen LogP contribution in [0.1, 0.15) is 184 Å². The van der Waals surface area contributed by atoms with Gasteiger partial charge in [0.2, 0.25) is 0 Å². The minimum atomic E-state index is -0.695. The highest BCUT2D eigenvalue weighted by molar-refractivity contribution is 5.69. The Morgan fingerprint density at radius 1 is 0.576 bits per heavy atom. The van der Waals surface area contributed by atoms with Crippen molar-refractivity contribution >= 4 is 11.9 Å². The van der Waals surface area contributed by atoms with Crippen LogP contribution in [0.2, 0.25) is 0 Å². The van der Waals surface area contributed by atoms with Crippen LogP contribution in [0.25, 0.3) is 0 Å². The molecular weight excluding hydrogens is 737 g/mol. The first-order valence-electron chi connectivity index (χ1n) is 25.4. The average molecular weight is 823 g/mol. The number of aliphatic hydroxyl groups excluding tert-OH is 3. The zero-order valence-corrected chi connectivity index (χ0v) is 38.5. The number of hydrogen-bond acceptors (Lipinski definition) is 6. The van der Waals surface area contributed by atoms with E-state index in [-0.39, 0.29) is 70.3 Å². The van der Waals surface area contributed by atoms with E-state index >= 15 is 0 Å². The summed E-state index contributed by atoms with van der Waals surface area (Å²) in [4.78, 5) is 25.2. The predicted molar refractivity (Wildman–Crippen MR) is 232 cm³/mol. The number of carbonyl (C=O) groups is 2. The summed E-state index contributed by atoms with van der Waals surface area (Å²) in [6.07, 6.45) is 18.5. The van der Waals surface area contributed by atoms with Crippen molar-refractivity contribution in [3.8, 4) is 0 Å². The van der Waals surface area contributed by atoms with Crippen LogP contribution in [0.4, 0.5) is 0 Å². The Morgan fingerprint density at radius 3 is 1.51 bits per heavy atom. The Bertz CT molecular complexity index is 1530. The van der Waals surface area contributed by atoms with Gasteiger partial charge >= 0.3 is 11.9 Å². The number of esters is 1. The van der Waals surface area contributed by atoms with Crippen molar-refractivity contribution in [2.24, 2.45) is 105 Å². The van der Waals surface area contributed by atoms with E-state index in [1.807, 2.05) is 0 Å². The number of carboxylic acid groups (broad SMARTS) is 1. The van der Waals surface area contributed by atoms with Crippen molar-refractivity contribution in [1.82, 2.24) is 0 Å². The van der Waals surface area contributed by atoms with Gasteiger partial charge in [0, 0.05) is 12.8 Å². The molecule has 0 heterocycles. The van der Waals surface area contributed by atoms with Crippen LogP contribution < -0.4 is 0 Å². The van der Waals surface area contributed by atoms with E-state index in [0.717, 1.165) is 83.5 Å². The molecule has 0 aliphatic heterocycles. The van der Waals surface area contributed by atoms with Crippen molar-refractivity contribution in [1.29, 1.82) is 0 Å². The van der Waals surface area contributed by atoms with Crippen molar-refractivity contribution in [3.63, 3.8) is 0 Å². The van der Waals surface area contributed by atoms with Gasteiger partial charge in [0.1, 0.15) is 6.10 Å². The van der Waals surface area contributed by atoms with E-state index in [1.165, 1.54) is 32.1 Å². The molecule has 7 nitrogen and oxygen atoms in total. The first-order valence-corrected chi connectivity index (χ1v) is 25.4. The van der Waals surface area contributed by atoms with Gasteiger partial charge in [0.15, 0.2) is 0 Å². The number of fused-ring (bicyclic) bond motifs is 10. The van der Waals surface area contributed by atoms with E-state index in [2.05, 4.69) is 55.4 Å². The van der Waals surface area contributed by atoms with Crippen LogP contribution >= 0.6 is 0 Å². The number of ether oxygens (including phenoxy) is 1. The third-order valence-corrected chi connectivity index (χ3v) is 22.2. The summed E-state index contributed by atoms with van der Waals surface area (Å²) in [7, 11) is 0. The number of rotatable bonds is 11. The number of carbonyl (C=O) groups excluding carboxylic acids is 1. The summed E-state index contributed by atoms with van der Waals surface area (Å²) >= 11 is 0. The van der Waals surface area contributed by atoms with Gasteiger partial charge in [0.05, 0.1) is 18.3 Å². The molecule has 0 aromatic carbocycles. The minimum Gasteiger partial charge on any atom is -0.481 e. The Morgan fingerprint density at radius 2 is 1.02 bits per heavy atom. The lowest BCUT2D eigenvalue weighted by atomic mass is 9.41. The summed E-state index contributed by atoms with van der Waals surface area (Å²) in [6.45, 7) is 19.3. The summed E-state index contributed by atoms with van der Waals surface area (Å²) in [6, 6.07) is 0. The average Bonchev–Trinajstić information content (AvgIpc) is 3.74. The lowest BCUT2D eigenvalue weighted by molar-refractivity contribution is -0.207. The van der Waals surface area contributed by atoms with E-state index in [4.69, 9.17) is 4.74 Å². The summed E-state index contributed by atoms with van der Waals surface area (Å²) in [5.74, 6) is 5.15. The number of aliphatic hydroxyl groups is 3. The fourth-order valence-corrected chi connectivity index (χ4v) is 19.3. The molecule has 0 aromatic rings. The van der Waals surface area contributed by atoms with E-state index in [1.54, 1.807) is 0 Å². The Labute approximate surface area is 358 Å². The van der Waals surface area contributed by atoms with Gasteiger partial charge in [0.25, 0.3) is 0 Å². The number of aliphatic carboxylic acids is 1. The van der Waals surface area contributed by atoms with Gasteiger partial charge in [-0.15, -0.1) is 0 Å². The van der Waals surface area contributed by atoms with Crippen molar-refractivity contribution in [3.05, 3.63) is 0 Å². The molecular formula is C52H86O7. The van der Waals surface area contributed by atoms with E-state index < -0.39 is 5.97 Å². The molecule has 0 saturated heterocycles. The normalized spacial score (nSPS) is 52.5. The molecule has 8 rings (SSSR count). The number of carboxylic acids is 1. The van der Waals surface area contributed by atoms with Gasteiger partial charge in [-0.3, -0.25) is 9.59 Å². The van der Waals surface area contributed by atoms with Crippen molar-refractivity contribution in [2.45, 2.75) is 208 Å². The maximum absolute atomic E-state index is 13.7. The molecule has 22 unspecified atom stereocenters. The second kappa shape index (κ2) is 16.4. The highest BCUT2D eigenvalue weighted by atomic mass is 16.5. The molecule has 7 heteroatoms. The highest BCUT2D eigenvalue weighted by Gasteiger charge is 2.67. The second-order valence-electron chi connectivity index (χ2n) is 24.1. The van der Waals surface area contributed by atoms with Crippen molar-refractivity contribution in [2.75, 3.05) is 0 Å². The van der Waals surface area contributed by atoms with Gasteiger partial charge < -0.3 is 25.2 Å². The molecule has 0 bridgehead atoms. The van der Waals surface area contributed by atoms with Crippen LogP contribution in [-0.2, 0) is 14.3 Å². The van der Waals surface area contributed by atoms with Gasteiger partial charge in [-0.25, -0.2) is 0 Å². The standard InChI is InChI=1S/C52H86O7/c1-9-33-41-27-31(53)19-23-51(41,7)39-21-25-50(6)36(14-16-37(50)45(39)47(33)57)30(4)12-18-44(56)59-32-20-24-52(8)40-22-26-49(5)35(29(3)11-17-43(54)55)13-15-38(49)46(40)48(58)34(10-2)42(52)28-32/h29-42,45-48,53,57-58H,9-28H2,1-8H3,(H,54,55). The molecule has 8 aliphatic rings. The van der Waals surface area contributed by atoms with Gasteiger partial charge in [-0.2, -0.15) is 0 Å². The molecule has 0 aromatic heterocycles. The minimum absolute atomic E-state index is 0.0365. The summed E-state index contributed by atoms with van der Waals surface area (Å²) in [5, 5.41) is 44.6. The fraction of sp³-hybridized carbons (Fsp3) is 0.962. The topological polar surface area (TPSA) is 124 Å². The SMILES string of the molecule is CCC1C(O)C2C3CCC(C(C)CCC(=O)OC4CCC5(C)C(C4)C(CC)C(O)C4C6CCC(C(C)CCC(=O)O)C6(C)CCC45)C3(C)CCC2C2(C)CCC(O)CC12. The zero-order chi connectivity index (χ0) is 42.4. The first kappa shape index (κ1) is 44.4. The van der Waals surface area contributed by atoms with Crippen LogP contribution in [0.15, 0.2) is 0 Å². The molecule has 0 radical (unpaired) electrons. The highest BCUT2D eigenvalue weighted by Crippen LogP contribution is 2.71. The smallest absolute Gasteiger partial charge is 0.306 e. The lowest BCUT2D eigenvalue weighted by Crippen LogP contribution is -2.62. The second-order valence-corrected chi connectivity index (χ2v) is 24.1. The maximum Gasteiger partial charge on any atom is 0.306 e. The molecule has 336 valence electrons. The van der Waals surface area contributed by atoms with E-state index in [9.17, 15) is 30.0 Å². The quantitative estimate of drug-likeness (QED) is 0.153. The molecule has 0 amide bonds.